The minimum atomic E-state index is 0.535. The predicted molar refractivity (Wildman–Crippen MR) is 98.5 cm³/mol. The van der Waals surface area contributed by atoms with Crippen LogP contribution in [0.15, 0.2) is 30.9 Å². The van der Waals surface area contributed by atoms with E-state index >= 15 is 0 Å². The number of hydrogen-bond acceptors (Lipinski definition) is 3. The van der Waals surface area contributed by atoms with Crippen LogP contribution in [-0.4, -0.2) is 19.1 Å². The molecule has 0 bridgehead atoms. The molecule has 3 heterocycles. The van der Waals surface area contributed by atoms with Crippen molar-refractivity contribution in [1.82, 2.24) is 19.1 Å². The van der Waals surface area contributed by atoms with Crippen molar-refractivity contribution in [3.8, 4) is 0 Å². The van der Waals surface area contributed by atoms with Crippen molar-refractivity contribution >= 4 is 11.0 Å². The maximum atomic E-state index is 8.75. The highest BCUT2D eigenvalue weighted by Gasteiger charge is 2.22. The van der Waals surface area contributed by atoms with Crippen molar-refractivity contribution in [3.05, 3.63) is 53.2 Å². The van der Waals surface area contributed by atoms with E-state index in [1.165, 1.54) is 43.4 Å². The zero-order chi connectivity index (χ0) is 17.4. The van der Waals surface area contributed by atoms with Crippen LogP contribution in [-0.2, 0) is 6.54 Å². The Bertz CT molecular complexity index is 946. The fraction of sp³-hybridized carbons (Fsp3) is 0.450. The third kappa shape index (κ3) is 2.77. The fourth-order valence-corrected chi connectivity index (χ4v) is 4.14. The smallest absolute Gasteiger partial charge is 0.146 e. The van der Waals surface area contributed by atoms with Crippen LogP contribution in [0.4, 0.5) is 0 Å². The summed E-state index contributed by atoms with van der Waals surface area (Å²) in [5.74, 6) is 0. The van der Waals surface area contributed by atoms with Crippen LogP contribution in [0.1, 0.15) is 55.0 Å². The molecule has 0 atom stereocenters. The Hall–Kier alpha value is -2.43. The number of pyridine rings is 1. The van der Waals surface area contributed by atoms with Crippen molar-refractivity contribution in [2.45, 2.75) is 58.5 Å². The molecule has 3 aromatic heterocycles. The van der Waals surface area contributed by atoms with E-state index in [1.54, 1.807) is 12.4 Å². The molecule has 25 heavy (non-hydrogen) atoms. The fourth-order valence-electron chi connectivity index (χ4n) is 4.14. The first-order chi connectivity index (χ1) is 12.2. The number of rotatable bonds is 3. The number of aryl methyl sites for hydroxylation is 1. The maximum absolute atomic E-state index is 8.75. The normalized spacial score (nSPS) is 15.8. The summed E-state index contributed by atoms with van der Waals surface area (Å²) < 4.78 is 4.33. The number of nitrogens with one attached hydrogen (secondary N) is 1. The van der Waals surface area contributed by atoms with E-state index in [9.17, 15) is 0 Å². The molecule has 4 rings (SSSR count). The van der Waals surface area contributed by atoms with Crippen LogP contribution in [0.25, 0.3) is 11.0 Å². The van der Waals surface area contributed by atoms with Gasteiger partial charge in [-0.15, -0.1) is 0 Å². The number of nitrogens with zero attached hydrogens (tertiary/aromatic N) is 4. The molecule has 1 N–H and O–H groups in total. The molecule has 0 saturated heterocycles. The molecule has 0 amide bonds. The molecule has 0 unspecified atom stereocenters. The van der Waals surface area contributed by atoms with Gasteiger partial charge in [-0.05, 0) is 49.9 Å². The summed E-state index contributed by atoms with van der Waals surface area (Å²) in [6.45, 7) is 4.96. The lowest BCUT2D eigenvalue weighted by Crippen LogP contribution is -2.22. The third-order valence-corrected chi connectivity index (χ3v) is 5.62. The highest BCUT2D eigenvalue weighted by atomic mass is 15.1. The molecular weight excluding hydrogens is 310 g/mol. The average Bonchev–Trinajstić information content (AvgIpc) is 2.90. The van der Waals surface area contributed by atoms with E-state index in [-0.39, 0.29) is 0 Å². The zero-order valence-electron chi connectivity index (χ0n) is 15.0. The van der Waals surface area contributed by atoms with Gasteiger partial charge in [-0.2, -0.15) is 0 Å². The number of hydrogen-bond donors (Lipinski definition) is 1. The van der Waals surface area contributed by atoms with E-state index in [4.69, 9.17) is 10.4 Å². The largest absolute Gasteiger partial charge is 0.326 e. The quantitative estimate of drug-likeness (QED) is 0.789. The van der Waals surface area contributed by atoms with Gasteiger partial charge in [0.05, 0.1) is 18.3 Å². The summed E-state index contributed by atoms with van der Waals surface area (Å²) in [6, 6.07) is 4.51. The molecule has 1 fully saturated rings. The first kappa shape index (κ1) is 16.1. The second-order valence-corrected chi connectivity index (χ2v) is 7.15. The van der Waals surface area contributed by atoms with Gasteiger partial charge in [0, 0.05) is 24.1 Å². The topological polar surface area (TPSA) is 59.5 Å². The summed E-state index contributed by atoms with van der Waals surface area (Å²) >= 11 is 0. The lowest BCUT2D eigenvalue weighted by molar-refractivity contribution is 0.355. The summed E-state index contributed by atoms with van der Waals surface area (Å²) in [4.78, 5) is 8.85. The van der Waals surface area contributed by atoms with Crippen molar-refractivity contribution < 1.29 is 0 Å². The van der Waals surface area contributed by atoms with Gasteiger partial charge in [-0.3, -0.25) is 10.4 Å². The molecule has 5 heteroatoms. The maximum Gasteiger partial charge on any atom is 0.146 e. The van der Waals surface area contributed by atoms with Gasteiger partial charge < -0.3 is 9.13 Å². The monoisotopic (exact) mass is 335 g/mol. The Kier molecular flexibility index (Phi) is 4.15. The summed E-state index contributed by atoms with van der Waals surface area (Å²) in [5, 5.41) is 9.75. The Balaban J connectivity index is 1.82. The van der Waals surface area contributed by atoms with Gasteiger partial charge >= 0.3 is 0 Å². The van der Waals surface area contributed by atoms with Gasteiger partial charge in [-0.25, -0.2) is 4.98 Å². The van der Waals surface area contributed by atoms with Crippen LogP contribution >= 0.6 is 0 Å². The van der Waals surface area contributed by atoms with Crippen molar-refractivity contribution in [2.24, 2.45) is 0 Å². The van der Waals surface area contributed by atoms with E-state index in [2.05, 4.69) is 23.4 Å². The van der Waals surface area contributed by atoms with Crippen molar-refractivity contribution in [2.75, 3.05) is 0 Å². The number of aromatic nitrogens is 4. The molecule has 0 spiro atoms. The highest BCUT2D eigenvalue weighted by molar-refractivity contribution is 5.80. The third-order valence-electron chi connectivity index (χ3n) is 5.62. The van der Waals surface area contributed by atoms with E-state index in [0.29, 0.717) is 18.1 Å². The van der Waals surface area contributed by atoms with E-state index < -0.39 is 0 Å². The molecule has 0 radical (unpaired) electrons. The minimum absolute atomic E-state index is 0.535. The Morgan fingerprint density at radius 2 is 1.84 bits per heavy atom. The van der Waals surface area contributed by atoms with Crippen LogP contribution in [0.3, 0.4) is 0 Å². The Morgan fingerprint density at radius 1 is 1.12 bits per heavy atom. The summed E-state index contributed by atoms with van der Waals surface area (Å²) in [6.07, 6.45) is 11.8. The van der Waals surface area contributed by atoms with Crippen LogP contribution in [0.5, 0.6) is 0 Å². The molecule has 1 aliphatic carbocycles. The van der Waals surface area contributed by atoms with E-state index in [1.807, 2.05) is 23.0 Å². The van der Waals surface area contributed by atoms with Gasteiger partial charge in [0.1, 0.15) is 11.1 Å². The summed E-state index contributed by atoms with van der Waals surface area (Å²) in [7, 11) is 0. The van der Waals surface area contributed by atoms with Crippen LogP contribution in [0.2, 0.25) is 0 Å². The molecule has 3 aromatic rings. The Labute approximate surface area is 147 Å². The SMILES string of the molecule is Cc1c(C)n(C2CCCCC2)c2ncn(Cc3ccncc3)c(=N)c12. The molecule has 1 aliphatic rings. The minimum Gasteiger partial charge on any atom is -0.326 e. The average molecular weight is 335 g/mol. The highest BCUT2D eigenvalue weighted by Crippen LogP contribution is 2.33. The van der Waals surface area contributed by atoms with Crippen LogP contribution < -0.4 is 5.49 Å². The van der Waals surface area contributed by atoms with Crippen molar-refractivity contribution in [1.29, 1.82) is 5.41 Å². The molecule has 0 aromatic carbocycles. The van der Waals surface area contributed by atoms with Gasteiger partial charge in [0.2, 0.25) is 0 Å². The first-order valence-corrected chi connectivity index (χ1v) is 9.17. The molecule has 1 saturated carbocycles. The summed E-state index contributed by atoms with van der Waals surface area (Å²) in [5.41, 5.74) is 5.14. The molecule has 0 aliphatic heterocycles. The molecule has 5 nitrogen and oxygen atoms in total. The first-order valence-electron chi connectivity index (χ1n) is 9.17. The Morgan fingerprint density at radius 3 is 2.56 bits per heavy atom. The van der Waals surface area contributed by atoms with Gasteiger partial charge in [-0.1, -0.05) is 19.3 Å². The van der Waals surface area contributed by atoms with Crippen LogP contribution in [0, 0.1) is 19.3 Å². The zero-order valence-corrected chi connectivity index (χ0v) is 15.0. The molecular formula is C20H25N5. The lowest BCUT2D eigenvalue weighted by atomic mass is 9.95. The van der Waals surface area contributed by atoms with Gasteiger partial charge in [0.25, 0.3) is 0 Å². The molecule has 130 valence electrons. The second kappa shape index (κ2) is 6.47. The predicted octanol–water partition coefficient (Wildman–Crippen LogP) is 3.88. The number of fused-ring (bicyclic) bond motifs is 1. The second-order valence-electron chi connectivity index (χ2n) is 7.15. The standard InChI is InChI=1S/C20H25N5/c1-14-15(2)25(17-6-4-3-5-7-17)20-18(14)19(21)24(13-23-20)12-16-8-10-22-11-9-16/h8-11,13,17,21H,3-7,12H2,1-2H3. The van der Waals surface area contributed by atoms with E-state index in [0.717, 1.165) is 16.6 Å². The lowest BCUT2D eigenvalue weighted by Gasteiger charge is -2.25. The van der Waals surface area contributed by atoms with Gasteiger partial charge in [0.15, 0.2) is 0 Å². The van der Waals surface area contributed by atoms with Crippen molar-refractivity contribution in [3.63, 3.8) is 0 Å².